The van der Waals surface area contributed by atoms with E-state index in [0.717, 1.165) is 30.4 Å². The molecule has 17 heavy (non-hydrogen) atoms. The summed E-state index contributed by atoms with van der Waals surface area (Å²) in [6.45, 7) is 1.99. The maximum absolute atomic E-state index is 12.1. The zero-order chi connectivity index (χ0) is 12.3. The Balaban J connectivity index is 1.91. The highest BCUT2D eigenvalue weighted by Crippen LogP contribution is 2.11. The van der Waals surface area contributed by atoms with E-state index in [0.29, 0.717) is 12.6 Å². The van der Waals surface area contributed by atoms with Gasteiger partial charge in [-0.05, 0) is 35.8 Å². The molecular weight excluding hydrogens is 284 g/mol. The van der Waals surface area contributed by atoms with Gasteiger partial charge in [-0.3, -0.25) is 9.48 Å². The number of aromatic nitrogens is 2. The summed E-state index contributed by atoms with van der Waals surface area (Å²) in [6.07, 6.45) is 5.73. The van der Waals surface area contributed by atoms with Crippen molar-refractivity contribution in [2.45, 2.75) is 25.4 Å². The molecule has 1 amide bonds. The smallest absolute Gasteiger partial charge is 0.244 e. The molecule has 0 saturated carbocycles. The molecule has 94 valence electrons. The van der Waals surface area contributed by atoms with Gasteiger partial charge in [0, 0.05) is 25.3 Å². The summed E-state index contributed by atoms with van der Waals surface area (Å²) < 4.78 is 2.56. The van der Waals surface area contributed by atoms with Gasteiger partial charge < -0.3 is 10.2 Å². The van der Waals surface area contributed by atoms with Crippen LogP contribution < -0.4 is 5.32 Å². The van der Waals surface area contributed by atoms with E-state index in [-0.39, 0.29) is 5.91 Å². The van der Waals surface area contributed by atoms with Gasteiger partial charge in [0.1, 0.15) is 6.54 Å². The van der Waals surface area contributed by atoms with Crippen LogP contribution in [0.1, 0.15) is 12.8 Å². The summed E-state index contributed by atoms with van der Waals surface area (Å²) in [6, 6.07) is 0.428. The molecule has 0 aromatic carbocycles. The Labute approximate surface area is 109 Å². The fourth-order valence-electron chi connectivity index (χ4n) is 2.10. The van der Waals surface area contributed by atoms with Crippen LogP contribution in [0.2, 0.25) is 0 Å². The van der Waals surface area contributed by atoms with Crippen molar-refractivity contribution < 1.29 is 4.79 Å². The largest absolute Gasteiger partial charge is 0.340 e. The van der Waals surface area contributed by atoms with Gasteiger partial charge in [-0.15, -0.1) is 0 Å². The number of likely N-dealkylation sites (tertiary alicyclic amines) is 1. The lowest BCUT2D eigenvalue weighted by molar-refractivity contribution is -0.133. The third-order valence-electron chi connectivity index (χ3n) is 3.08. The van der Waals surface area contributed by atoms with Gasteiger partial charge in [-0.2, -0.15) is 5.10 Å². The Morgan fingerprint density at radius 1 is 1.71 bits per heavy atom. The molecule has 1 atom stereocenters. The minimum atomic E-state index is 0.139. The number of rotatable bonds is 3. The normalized spacial score (nSPS) is 20.6. The second kappa shape index (κ2) is 5.64. The average molecular weight is 301 g/mol. The molecular formula is C11H17BrN4O. The zero-order valence-corrected chi connectivity index (χ0v) is 11.5. The molecule has 1 aromatic heterocycles. The van der Waals surface area contributed by atoms with Crippen molar-refractivity contribution in [2.75, 3.05) is 20.1 Å². The SMILES string of the molecule is CNC1CCCN(C(=O)Cn2cc(Br)cn2)C1. The highest BCUT2D eigenvalue weighted by atomic mass is 79.9. The van der Waals surface area contributed by atoms with E-state index in [4.69, 9.17) is 0 Å². The van der Waals surface area contributed by atoms with Crippen LogP contribution in [0.25, 0.3) is 0 Å². The number of hydrogen-bond acceptors (Lipinski definition) is 3. The number of likely N-dealkylation sites (N-methyl/N-ethyl adjacent to an activating group) is 1. The van der Waals surface area contributed by atoms with E-state index in [1.54, 1.807) is 10.9 Å². The predicted molar refractivity (Wildman–Crippen MR) is 68.6 cm³/mol. The van der Waals surface area contributed by atoms with Crippen molar-refractivity contribution in [3.8, 4) is 0 Å². The fourth-order valence-corrected chi connectivity index (χ4v) is 2.43. The maximum atomic E-state index is 12.1. The Hall–Kier alpha value is -0.880. The lowest BCUT2D eigenvalue weighted by Gasteiger charge is -2.32. The number of piperidine rings is 1. The van der Waals surface area contributed by atoms with Gasteiger partial charge in [-0.1, -0.05) is 0 Å². The van der Waals surface area contributed by atoms with E-state index >= 15 is 0 Å². The first kappa shape index (κ1) is 12.6. The summed E-state index contributed by atoms with van der Waals surface area (Å²) in [7, 11) is 1.95. The van der Waals surface area contributed by atoms with Crippen molar-refractivity contribution in [1.82, 2.24) is 20.0 Å². The second-order valence-corrected chi connectivity index (χ2v) is 5.24. The molecule has 1 N–H and O–H groups in total. The molecule has 0 spiro atoms. The molecule has 2 rings (SSSR count). The van der Waals surface area contributed by atoms with Crippen LogP contribution in [-0.4, -0.2) is 46.8 Å². The summed E-state index contributed by atoms with van der Waals surface area (Å²) in [5.41, 5.74) is 0. The molecule has 1 unspecified atom stereocenters. The molecule has 1 aliphatic heterocycles. The van der Waals surface area contributed by atoms with Gasteiger partial charge in [-0.25, -0.2) is 0 Å². The lowest BCUT2D eigenvalue weighted by Crippen LogP contribution is -2.47. The summed E-state index contributed by atoms with van der Waals surface area (Å²) in [5.74, 6) is 0.139. The first-order valence-electron chi connectivity index (χ1n) is 5.82. The summed E-state index contributed by atoms with van der Waals surface area (Å²) in [4.78, 5) is 14.0. The molecule has 1 fully saturated rings. The molecule has 6 heteroatoms. The standard InChI is InChI=1S/C11H17BrN4O/c1-13-10-3-2-4-15(7-10)11(17)8-16-6-9(12)5-14-16/h5-6,10,13H,2-4,7-8H2,1H3. The second-order valence-electron chi connectivity index (χ2n) is 4.32. The number of nitrogens with one attached hydrogen (secondary N) is 1. The number of carbonyl (C=O) groups excluding carboxylic acids is 1. The molecule has 1 aromatic rings. The molecule has 0 bridgehead atoms. The van der Waals surface area contributed by atoms with Crippen molar-refractivity contribution >= 4 is 21.8 Å². The Bertz CT molecular complexity index is 393. The van der Waals surface area contributed by atoms with Crippen LogP contribution in [0.3, 0.4) is 0 Å². The van der Waals surface area contributed by atoms with Gasteiger partial charge in [0.05, 0.1) is 10.7 Å². The average Bonchev–Trinajstić information content (AvgIpc) is 2.75. The van der Waals surface area contributed by atoms with Crippen LogP contribution in [0.5, 0.6) is 0 Å². The number of carbonyl (C=O) groups is 1. The number of nitrogens with zero attached hydrogens (tertiary/aromatic N) is 3. The third-order valence-corrected chi connectivity index (χ3v) is 3.49. The monoisotopic (exact) mass is 300 g/mol. The minimum Gasteiger partial charge on any atom is -0.340 e. The first-order chi connectivity index (χ1) is 8.19. The van der Waals surface area contributed by atoms with E-state index in [1.807, 2.05) is 18.1 Å². The fraction of sp³-hybridized carbons (Fsp3) is 0.636. The number of amides is 1. The molecule has 2 heterocycles. The Kier molecular flexibility index (Phi) is 4.17. The van der Waals surface area contributed by atoms with Gasteiger partial charge in [0.2, 0.25) is 5.91 Å². The van der Waals surface area contributed by atoms with E-state index in [1.165, 1.54) is 0 Å². The van der Waals surface area contributed by atoms with Crippen molar-refractivity contribution in [2.24, 2.45) is 0 Å². The zero-order valence-electron chi connectivity index (χ0n) is 9.90. The van der Waals surface area contributed by atoms with Crippen molar-refractivity contribution in [3.05, 3.63) is 16.9 Å². The molecule has 1 saturated heterocycles. The molecule has 5 nitrogen and oxygen atoms in total. The highest BCUT2D eigenvalue weighted by molar-refractivity contribution is 9.10. The molecule has 0 radical (unpaired) electrons. The topological polar surface area (TPSA) is 50.2 Å². The van der Waals surface area contributed by atoms with Crippen LogP contribution in [0, 0.1) is 0 Å². The van der Waals surface area contributed by atoms with Crippen LogP contribution >= 0.6 is 15.9 Å². The predicted octanol–water partition coefficient (Wildman–Crippen LogP) is 0.856. The molecule has 1 aliphatic rings. The third kappa shape index (κ3) is 3.29. The van der Waals surface area contributed by atoms with Crippen LogP contribution in [0.15, 0.2) is 16.9 Å². The lowest BCUT2D eigenvalue weighted by atomic mass is 10.1. The van der Waals surface area contributed by atoms with E-state index < -0.39 is 0 Å². The molecule has 0 aliphatic carbocycles. The summed E-state index contributed by atoms with van der Waals surface area (Å²) >= 11 is 3.32. The van der Waals surface area contributed by atoms with Crippen LogP contribution in [-0.2, 0) is 11.3 Å². The number of halogens is 1. The van der Waals surface area contributed by atoms with Gasteiger partial charge in [0.25, 0.3) is 0 Å². The van der Waals surface area contributed by atoms with Crippen molar-refractivity contribution in [1.29, 1.82) is 0 Å². The van der Waals surface area contributed by atoms with Gasteiger partial charge in [0.15, 0.2) is 0 Å². The summed E-state index contributed by atoms with van der Waals surface area (Å²) in [5, 5.41) is 7.33. The Morgan fingerprint density at radius 3 is 3.18 bits per heavy atom. The highest BCUT2D eigenvalue weighted by Gasteiger charge is 2.22. The number of hydrogen-bond donors (Lipinski definition) is 1. The first-order valence-corrected chi connectivity index (χ1v) is 6.61. The van der Waals surface area contributed by atoms with Crippen molar-refractivity contribution in [3.63, 3.8) is 0 Å². The minimum absolute atomic E-state index is 0.139. The maximum Gasteiger partial charge on any atom is 0.244 e. The quantitative estimate of drug-likeness (QED) is 0.901. The Morgan fingerprint density at radius 2 is 2.53 bits per heavy atom. The van der Waals surface area contributed by atoms with Crippen LogP contribution in [0.4, 0.5) is 0 Å². The van der Waals surface area contributed by atoms with Gasteiger partial charge >= 0.3 is 0 Å². The van der Waals surface area contributed by atoms with E-state index in [2.05, 4.69) is 26.3 Å². The van der Waals surface area contributed by atoms with E-state index in [9.17, 15) is 4.79 Å².